The van der Waals surface area contributed by atoms with E-state index in [1.54, 1.807) is 0 Å². The van der Waals surface area contributed by atoms with Crippen LogP contribution in [0.15, 0.2) is 0 Å². The normalized spacial score (nSPS) is 27.7. The summed E-state index contributed by atoms with van der Waals surface area (Å²) in [5.74, 6) is -0.130. The van der Waals surface area contributed by atoms with Crippen LogP contribution < -0.4 is 0 Å². The number of unbranched alkanes of at least 4 members (excludes halogenated alkanes) is 4. The van der Waals surface area contributed by atoms with Crippen molar-refractivity contribution in [2.24, 2.45) is 5.92 Å². The molecule has 0 aliphatic heterocycles. The second-order valence-corrected chi connectivity index (χ2v) is 8.01. The van der Waals surface area contributed by atoms with E-state index in [1.165, 1.54) is 7.11 Å². The Morgan fingerprint density at radius 2 is 1.34 bits per heavy atom. The highest BCUT2D eigenvalue weighted by Crippen LogP contribution is 2.49. The van der Waals surface area contributed by atoms with Crippen LogP contribution in [0.5, 0.6) is 0 Å². The molecule has 1 saturated carbocycles. The zero-order valence-corrected chi connectivity index (χ0v) is 19.5. The minimum atomic E-state index is -1.09. The smallest absolute Gasteiger partial charge is 0.186 e. The van der Waals surface area contributed by atoms with Crippen LogP contribution in [-0.2, 0) is 23.7 Å². The first-order valence-electron chi connectivity index (χ1n) is 11.8. The first-order valence-corrected chi connectivity index (χ1v) is 11.8. The molecule has 0 aromatic heterocycles. The molecule has 0 aromatic rings. The SMILES string of the molecule is CCCCOCC1C(OCCCC)C(OCCCC)C1(OCCCC)C(O)OC. The summed E-state index contributed by atoms with van der Waals surface area (Å²) in [6.07, 6.45) is 6.52. The number of hydrogen-bond donors (Lipinski definition) is 1. The van der Waals surface area contributed by atoms with Crippen molar-refractivity contribution in [2.45, 2.75) is 103 Å². The molecule has 1 fully saturated rings. The summed E-state index contributed by atoms with van der Waals surface area (Å²) in [5.41, 5.74) is -0.958. The molecule has 174 valence electrons. The molecule has 0 heterocycles. The van der Waals surface area contributed by atoms with Crippen LogP contribution in [0, 0.1) is 5.92 Å². The van der Waals surface area contributed by atoms with Crippen LogP contribution in [0.25, 0.3) is 0 Å². The molecule has 6 heteroatoms. The summed E-state index contributed by atoms with van der Waals surface area (Å²) in [6.45, 7) is 11.6. The fraction of sp³-hybridized carbons (Fsp3) is 1.00. The van der Waals surface area contributed by atoms with Crippen LogP contribution in [0.2, 0.25) is 0 Å². The van der Waals surface area contributed by atoms with Crippen molar-refractivity contribution >= 4 is 0 Å². The lowest BCUT2D eigenvalue weighted by Crippen LogP contribution is -2.78. The van der Waals surface area contributed by atoms with Gasteiger partial charge in [-0.2, -0.15) is 0 Å². The van der Waals surface area contributed by atoms with Crippen LogP contribution in [0.3, 0.4) is 0 Å². The highest BCUT2D eigenvalue weighted by molar-refractivity contribution is 5.15. The maximum Gasteiger partial charge on any atom is 0.186 e. The molecule has 6 nitrogen and oxygen atoms in total. The van der Waals surface area contributed by atoms with Crippen molar-refractivity contribution in [3.05, 3.63) is 0 Å². The monoisotopic (exact) mass is 418 g/mol. The van der Waals surface area contributed by atoms with E-state index >= 15 is 0 Å². The third kappa shape index (κ3) is 7.44. The van der Waals surface area contributed by atoms with Crippen LogP contribution in [0.4, 0.5) is 0 Å². The summed E-state index contributed by atoms with van der Waals surface area (Å²) in [7, 11) is 1.51. The Morgan fingerprint density at radius 3 is 1.93 bits per heavy atom. The average Bonchev–Trinajstić information content (AvgIpc) is 2.73. The Bertz CT molecular complexity index is 394. The third-order valence-corrected chi connectivity index (χ3v) is 5.72. The van der Waals surface area contributed by atoms with E-state index in [0.717, 1.165) is 51.4 Å². The topological polar surface area (TPSA) is 66.4 Å². The van der Waals surface area contributed by atoms with Gasteiger partial charge in [0.2, 0.25) is 0 Å². The fourth-order valence-electron chi connectivity index (χ4n) is 3.81. The van der Waals surface area contributed by atoms with Gasteiger partial charge in [-0.3, -0.25) is 0 Å². The number of methoxy groups -OCH3 is 1. The van der Waals surface area contributed by atoms with Crippen molar-refractivity contribution in [3.8, 4) is 0 Å². The summed E-state index contributed by atoms with van der Waals surface area (Å²) in [6, 6.07) is 0. The van der Waals surface area contributed by atoms with Crippen molar-refractivity contribution in [1.29, 1.82) is 0 Å². The molecule has 1 rings (SSSR count). The fourth-order valence-corrected chi connectivity index (χ4v) is 3.81. The van der Waals surface area contributed by atoms with Gasteiger partial charge in [0.05, 0.1) is 12.7 Å². The Labute approximate surface area is 178 Å². The average molecular weight is 419 g/mol. The van der Waals surface area contributed by atoms with Crippen molar-refractivity contribution in [1.82, 2.24) is 0 Å². The van der Waals surface area contributed by atoms with Gasteiger partial charge in [-0.05, 0) is 25.7 Å². The van der Waals surface area contributed by atoms with Gasteiger partial charge in [0.25, 0.3) is 0 Å². The lowest BCUT2D eigenvalue weighted by Gasteiger charge is -2.60. The molecule has 5 atom stereocenters. The van der Waals surface area contributed by atoms with E-state index in [-0.39, 0.29) is 18.1 Å². The molecule has 0 bridgehead atoms. The van der Waals surface area contributed by atoms with Crippen molar-refractivity contribution in [3.63, 3.8) is 0 Å². The second kappa shape index (κ2) is 15.5. The zero-order valence-electron chi connectivity index (χ0n) is 19.5. The molecule has 1 aliphatic carbocycles. The Morgan fingerprint density at radius 1 is 0.793 bits per heavy atom. The minimum Gasteiger partial charge on any atom is -0.381 e. The quantitative estimate of drug-likeness (QED) is 0.249. The lowest BCUT2D eigenvalue weighted by molar-refractivity contribution is -0.373. The van der Waals surface area contributed by atoms with E-state index in [9.17, 15) is 5.11 Å². The van der Waals surface area contributed by atoms with Gasteiger partial charge in [-0.1, -0.05) is 53.4 Å². The van der Waals surface area contributed by atoms with E-state index in [4.69, 9.17) is 23.7 Å². The van der Waals surface area contributed by atoms with Crippen molar-refractivity contribution < 1.29 is 28.8 Å². The molecule has 0 aromatic carbocycles. The lowest BCUT2D eigenvalue weighted by atomic mass is 9.63. The molecule has 1 aliphatic rings. The van der Waals surface area contributed by atoms with E-state index in [2.05, 4.69) is 27.7 Å². The van der Waals surface area contributed by atoms with E-state index < -0.39 is 11.9 Å². The molecule has 0 saturated heterocycles. The maximum absolute atomic E-state index is 10.9. The second-order valence-electron chi connectivity index (χ2n) is 8.01. The van der Waals surface area contributed by atoms with Gasteiger partial charge in [0.15, 0.2) is 11.9 Å². The van der Waals surface area contributed by atoms with Crippen LogP contribution in [-0.4, -0.2) is 69.3 Å². The maximum atomic E-state index is 10.9. The minimum absolute atomic E-state index is 0.130. The van der Waals surface area contributed by atoms with Crippen molar-refractivity contribution in [2.75, 3.05) is 40.1 Å². The molecule has 0 radical (unpaired) electrons. The molecule has 29 heavy (non-hydrogen) atoms. The molecule has 0 amide bonds. The number of hydrogen-bond acceptors (Lipinski definition) is 6. The summed E-state index contributed by atoms with van der Waals surface area (Å²) in [5, 5.41) is 10.9. The van der Waals surface area contributed by atoms with E-state index in [0.29, 0.717) is 33.0 Å². The number of ether oxygens (including phenoxy) is 5. The largest absolute Gasteiger partial charge is 0.381 e. The highest BCUT2D eigenvalue weighted by Gasteiger charge is 2.69. The Balaban J connectivity index is 3.03. The third-order valence-electron chi connectivity index (χ3n) is 5.72. The summed E-state index contributed by atoms with van der Waals surface area (Å²) < 4.78 is 30.2. The molecule has 0 spiro atoms. The predicted octanol–water partition coefficient (Wildman–Crippen LogP) is 4.32. The van der Waals surface area contributed by atoms with Gasteiger partial charge in [0, 0.05) is 39.5 Å². The highest BCUT2D eigenvalue weighted by atomic mass is 16.7. The zero-order chi connectivity index (χ0) is 21.5. The molecular weight excluding hydrogens is 372 g/mol. The van der Waals surface area contributed by atoms with E-state index in [1.807, 2.05) is 0 Å². The van der Waals surface area contributed by atoms with Crippen LogP contribution in [0.1, 0.15) is 79.1 Å². The van der Waals surface area contributed by atoms with Gasteiger partial charge in [0.1, 0.15) is 6.10 Å². The first-order chi connectivity index (χ1) is 14.1. The van der Waals surface area contributed by atoms with Gasteiger partial charge in [-0.25, -0.2) is 0 Å². The standard InChI is InChI=1S/C23H46O6/c1-6-10-14-26-18-19-20(27-15-11-7-2)21(28-16-12-8-3)23(19,22(24)25-5)29-17-13-9-4/h19-22,24H,6-18H2,1-5H3. The van der Waals surface area contributed by atoms with Gasteiger partial charge in [-0.15, -0.1) is 0 Å². The van der Waals surface area contributed by atoms with Gasteiger partial charge >= 0.3 is 0 Å². The summed E-state index contributed by atoms with van der Waals surface area (Å²) >= 11 is 0. The van der Waals surface area contributed by atoms with Gasteiger partial charge < -0.3 is 28.8 Å². The summed E-state index contributed by atoms with van der Waals surface area (Å²) in [4.78, 5) is 0. The van der Waals surface area contributed by atoms with Crippen LogP contribution >= 0.6 is 0 Å². The Hall–Kier alpha value is -0.240. The number of rotatable bonds is 19. The molecular formula is C23H46O6. The molecule has 1 N–H and O–H groups in total. The number of aliphatic hydroxyl groups excluding tert-OH is 1. The Kier molecular flexibility index (Phi) is 14.4. The molecule has 5 unspecified atom stereocenters. The number of aliphatic hydroxyl groups is 1. The predicted molar refractivity (Wildman–Crippen MR) is 115 cm³/mol. The first kappa shape index (κ1) is 26.8.